The lowest BCUT2D eigenvalue weighted by atomic mass is 9.73. The fourth-order valence-electron chi connectivity index (χ4n) is 5.89. The van der Waals surface area contributed by atoms with Gasteiger partial charge in [-0.1, -0.05) is 38.1 Å². The smallest absolute Gasteiger partial charge is 0.338 e. The van der Waals surface area contributed by atoms with Gasteiger partial charge in [-0.05, 0) is 80.0 Å². The molecule has 9 heteroatoms. The molecule has 2 aromatic carbocycles. The van der Waals surface area contributed by atoms with Crippen molar-refractivity contribution in [1.29, 1.82) is 0 Å². The molecule has 3 rings (SSSR count). The van der Waals surface area contributed by atoms with Crippen molar-refractivity contribution in [1.82, 2.24) is 5.01 Å². The van der Waals surface area contributed by atoms with Gasteiger partial charge in [0.25, 0.3) is 0 Å². The van der Waals surface area contributed by atoms with Crippen molar-refractivity contribution in [2.45, 2.75) is 77.5 Å². The molecular formula is C30H40FN3O5. The van der Waals surface area contributed by atoms with E-state index in [4.69, 9.17) is 5.73 Å². The molecule has 212 valence electrons. The highest BCUT2D eigenvalue weighted by Crippen LogP contribution is 2.49. The molecular weight excluding hydrogens is 501 g/mol. The van der Waals surface area contributed by atoms with E-state index in [9.17, 15) is 24.2 Å². The van der Waals surface area contributed by atoms with Gasteiger partial charge in [0, 0.05) is 12.1 Å². The number of aliphatic hydroxyl groups excluding tert-OH is 2. The number of esters is 1. The van der Waals surface area contributed by atoms with E-state index in [1.807, 2.05) is 43.1 Å². The second-order valence-corrected chi connectivity index (χ2v) is 10.6. The number of allylic oxidation sites excluding steroid dienone is 1. The van der Waals surface area contributed by atoms with Crippen LogP contribution in [-0.4, -0.2) is 52.1 Å². The fraction of sp³-hybridized carbons (Fsp3) is 0.467. The van der Waals surface area contributed by atoms with Crippen molar-refractivity contribution in [2.75, 3.05) is 12.1 Å². The van der Waals surface area contributed by atoms with Crippen LogP contribution < -0.4 is 10.7 Å². The van der Waals surface area contributed by atoms with E-state index in [1.165, 1.54) is 24.3 Å². The van der Waals surface area contributed by atoms with Crippen LogP contribution in [0.1, 0.15) is 57.6 Å². The van der Waals surface area contributed by atoms with Crippen LogP contribution in [0.4, 0.5) is 14.9 Å². The number of ether oxygens (including phenoxy) is 1. The largest absolute Gasteiger partial charge is 0.469 e. The highest BCUT2D eigenvalue weighted by atomic mass is 19.1. The van der Waals surface area contributed by atoms with Crippen LogP contribution in [0, 0.1) is 18.7 Å². The van der Waals surface area contributed by atoms with Gasteiger partial charge in [0.05, 0.1) is 37.0 Å². The maximum absolute atomic E-state index is 14.0. The minimum atomic E-state index is -1.06. The van der Waals surface area contributed by atoms with E-state index >= 15 is 0 Å². The average molecular weight is 542 g/mol. The molecule has 2 amide bonds. The topological polar surface area (TPSA) is 116 Å². The summed E-state index contributed by atoms with van der Waals surface area (Å²) < 4.78 is 18.6. The Morgan fingerprint density at radius 2 is 1.69 bits per heavy atom. The maximum atomic E-state index is 14.0. The number of aryl methyl sites for hydroxylation is 1. The minimum absolute atomic E-state index is 0.00312. The Kier molecular flexibility index (Phi) is 9.74. The molecule has 0 fully saturated rings. The normalized spacial score (nSPS) is 19.0. The number of amides is 2. The Hall–Kier alpha value is -3.43. The zero-order valence-corrected chi connectivity index (χ0v) is 23.4. The summed E-state index contributed by atoms with van der Waals surface area (Å²) in [7, 11) is 1.25. The van der Waals surface area contributed by atoms with Gasteiger partial charge in [-0.15, -0.1) is 0 Å². The lowest BCUT2D eigenvalue weighted by Crippen LogP contribution is -2.57. The molecule has 8 nitrogen and oxygen atoms in total. The highest BCUT2D eigenvalue weighted by Gasteiger charge is 2.52. The second kappa shape index (κ2) is 12.6. The number of carbonyl (C=O) groups excluding carboxylic acids is 2. The third kappa shape index (κ3) is 6.59. The Labute approximate surface area is 229 Å². The first-order valence-corrected chi connectivity index (χ1v) is 13.2. The van der Waals surface area contributed by atoms with Gasteiger partial charge in [-0.3, -0.25) is 9.80 Å². The zero-order valence-electron chi connectivity index (χ0n) is 23.4. The molecule has 0 spiro atoms. The van der Waals surface area contributed by atoms with Gasteiger partial charge in [0.1, 0.15) is 5.82 Å². The lowest BCUT2D eigenvalue weighted by Gasteiger charge is -2.46. The number of hydrazine groups is 1. The molecule has 3 unspecified atom stereocenters. The summed E-state index contributed by atoms with van der Waals surface area (Å²) >= 11 is 0. The first-order chi connectivity index (χ1) is 18.4. The monoisotopic (exact) mass is 541 g/mol. The Morgan fingerprint density at radius 1 is 1.05 bits per heavy atom. The number of benzene rings is 2. The number of hydrogen-bond donors (Lipinski definition) is 3. The SMILES string of the molecule is COC(=O)CC(O)CC(O)CCC1(Cc2ccccc2C)C(C(C)C)=C(C)N(C(N)=O)N1c1ccc(F)cc1. The number of primary amides is 1. The van der Waals surface area contributed by atoms with Crippen molar-refractivity contribution in [2.24, 2.45) is 11.7 Å². The Bertz CT molecular complexity index is 1200. The molecule has 1 heterocycles. The number of halogens is 1. The summed E-state index contributed by atoms with van der Waals surface area (Å²) in [4.78, 5) is 24.5. The Balaban J connectivity index is 2.13. The van der Waals surface area contributed by atoms with Gasteiger partial charge in [-0.2, -0.15) is 0 Å². The molecule has 4 N–H and O–H groups in total. The van der Waals surface area contributed by atoms with Gasteiger partial charge in [0.15, 0.2) is 0 Å². The molecule has 0 bridgehead atoms. The van der Waals surface area contributed by atoms with E-state index in [0.717, 1.165) is 16.7 Å². The molecule has 0 radical (unpaired) electrons. The van der Waals surface area contributed by atoms with Crippen LogP contribution in [0.3, 0.4) is 0 Å². The van der Waals surface area contributed by atoms with Crippen LogP contribution in [0.5, 0.6) is 0 Å². The van der Waals surface area contributed by atoms with Gasteiger partial charge < -0.3 is 20.7 Å². The molecule has 0 saturated heterocycles. The van der Waals surface area contributed by atoms with E-state index in [1.54, 1.807) is 12.1 Å². The van der Waals surface area contributed by atoms with Crippen LogP contribution in [0.25, 0.3) is 0 Å². The summed E-state index contributed by atoms with van der Waals surface area (Å²) in [5.74, 6) is -0.956. The summed E-state index contributed by atoms with van der Waals surface area (Å²) in [5.41, 5.74) is 9.49. The number of anilines is 1. The van der Waals surface area contributed by atoms with Crippen LogP contribution in [0.15, 0.2) is 59.8 Å². The second-order valence-electron chi connectivity index (χ2n) is 10.6. The third-order valence-corrected chi connectivity index (χ3v) is 7.48. The van der Waals surface area contributed by atoms with Crippen LogP contribution >= 0.6 is 0 Å². The van der Waals surface area contributed by atoms with Crippen molar-refractivity contribution in [3.05, 3.63) is 76.7 Å². The first-order valence-electron chi connectivity index (χ1n) is 13.2. The van der Waals surface area contributed by atoms with Crippen LogP contribution in [0.2, 0.25) is 0 Å². The van der Waals surface area contributed by atoms with Crippen LogP contribution in [-0.2, 0) is 16.0 Å². The maximum Gasteiger partial charge on any atom is 0.338 e. The molecule has 0 aliphatic carbocycles. The minimum Gasteiger partial charge on any atom is -0.469 e. The lowest BCUT2D eigenvalue weighted by molar-refractivity contribution is -0.143. The zero-order chi connectivity index (χ0) is 28.9. The number of nitrogens with zero attached hydrogens (tertiary/aromatic N) is 2. The third-order valence-electron chi connectivity index (χ3n) is 7.48. The number of urea groups is 1. The molecule has 0 aromatic heterocycles. The molecule has 1 aliphatic heterocycles. The van der Waals surface area contributed by atoms with E-state index in [-0.39, 0.29) is 25.2 Å². The molecule has 2 aromatic rings. The number of carbonyl (C=O) groups is 2. The van der Waals surface area contributed by atoms with Gasteiger partial charge in [0.2, 0.25) is 0 Å². The molecule has 39 heavy (non-hydrogen) atoms. The van der Waals surface area contributed by atoms with E-state index < -0.39 is 35.6 Å². The molecule has 0 saturated carbocycles. The van der Waals surface area contributed by atoms with E-state index in [0.29, 0.717) is 24.2 Å². The number of methoxy groups -OCH3 is 1. The highest BCUT2D eigenvalue weighted by molar-refractivity contribution is 5.80. The fourth-order valence-corrected chi connectivity index (χ4v) is 5.89. The van der Waals surface area contributed by atoms with Gasteiger partial charge in [-0.25, -0.2) is 14.2 Å². The number of hydrogen-bond acceptors (Lipinski definition) is 6. The summed E-state index contributed by atoms with van der Waals surface area (Å²) in [5, 5.41) is 24.6. The number of rotatable bonds is 11. The van der Waals surface area contributed by atoms with Crippen molar-refractivity contribution < 1.29 is 28.9 Å². The predicted octanol–water partition coefficient (Wildman–Crippen LogP) is 4.62. The summed E-state index contributed by atoms with van der Waals surface area (Å²) in [6.45, 7) is 7.98. The average Bonchev–Trinajstić information content (AvgIpc) is 3.13. The molecule has 1 aliphatic rings. The predicted molar refractivity (Wildman–Crippen MR) is 148 cm³/mol. The molecule has 3 atom stereocenters. The van der Waals surface area contributed by atoms with Crippen molar-refractivity contribution >= 4 is 17.7 Å². The van der Waals surface area contributed by atoms with E-state index in [2.05, 4.69) is 18.6 Å². The standard InChI is InChI=1S/C30H40FN3O5/c1-19(2)28-21(4)33(29(32)38)34(24-12-10-23(31)11-13-24)30(28,18-22-9-7-6-8-20(22)3)15-14-25(35)16-26(36)17-27(37)39-5/h6-13,19,25-26,35-36H,14-18H2,1-5H3,(H2,32,38). The van der Waals surface area contributed by atoms with Crippen molar-refractivity contribution in [3.8, 4) is 0 Å². The van der Waals surface area contributed by atoms with Crippen molar-refractivity contribution in [3.63, 3.8) is 0 Å². The summed E-state index contributed by atoms with van der Waals surface area (Å²) in [6.07, 6.45) is -1.06. The van der Waals surface area contributed by atoms with Gasteiger partial charge >= 0.3 is 12.0 Å². The quantitative estimate of drug-likeness (QED) is 0.358. The number of aliphatic hydroxyl groups is 2. The first kappa shape index (κ1) is 30.1. The Morgan fingerprint density at radius 3 is 2.26 bits per heavy atom. The number of nitrogens with two attached hydrogens (primary N) is 1. The summed E-state index contributed by atoms with van der Waals surface area (Å²) in [6, 6.07) is 13.2.